The number of nitrogens with two attached hydrogens (primary N) is 1. The fourth-order valence-electron chi connectivity index (χ4n) is 3.31. The Kier molecular flexibility index (Phi) is 9.61. The molecule has 1 aromatic heterocycles. The summed E-state index contributed by atoms with van der Waals surface area (Å²) in [6, 6.07) is 0. The van der Waals surface area contributed by atoms with Gasteiger partial charge >= 0.3 is 0 Å². The molecule has 1 aromatic rings. The molecule has 8 nitrogen and oxygen atoms in total. The number of nitrogens with zero attached hydrogens (tertiary/aromatic N) is 2. The summed E-state index contributed by atoms with van der Waals surface area (Å²) >= 11 is 0. The summed E-state index contributed by atoms with van der Waals surface area (Å²) in [7, 11) is 1.58. The number of hydrogen-bond acceptors (Lipinski definition) is 5. The molecule has 4 N–H and O–H groups in total. The fourth-order valence-corrected chi connectivity index (χ4v) is 3.31. The van der Waals surface area contributed by atoms with E-state index >= 15 is 0 Å². The van der Waals surface area contributed by atoms with Crippen LogP contribution in [0.5, 0.6) is 0 Å². The van der Waals surface area contributed by atoms with Crippen LogP contribution < -0.4 is 16.4 Å². The Labute approximate surface area is 160 Å². The monoisotopic (exact) mass is 387 g/mol. The number of rotatable bonds is 9. The van der Waals surface area contributed by atoms with Crippen LogP contribution in [0.15, 0.2) is 12.4 Å². The maximum atomic E-state index is 12.4. The highest BCUT2D eigenvalue weighted by molar-refractivity contribution is 5.91. The molecular formula is C17H30ClN5O3. The number of carbonyl (C=O) groups excluding carboxylic acids is 2. The van der Waals surface area contributed by atoms with Crippen molar-refractivity contribution in [1.29, 1.82) is 0 Å². The molecule has 148 valence electrons. The summed E-state index contributed by atoms with van der Waals surface area (Å²) in [5.41, 5.74) is 6.46. The molecule has 0 spiro atoms. The Bertz CT molecular complexity index is 572. The van der Waals surface area contributed by atoms with Crippen molar-refractivity contribution in [2.75, 3.05) is 32.1 Å². The van der Waals surface area contributed by atoms with Crippen molar-refractivity contribution in [1.82, 2.24) is 15.1 Å². The van der Waals surface area contributed by atoms with Gasteiger partial charge in [0.25, 0.3) is 0 Å². The van der Waals surface area contributed by atoms with Crippen molar-refractivity contribution in [3.63, 3.8) is 0 Å². The Balaban J connectivity index is 0.00000338. The first-order valence-corrected chi connectivity index (χ1v) is 8.85. The second kappa shape index (κ2) is 11.2. The van der Waals surface area contributed by atoms with Gasteiger partial charge in [-0.05, 0) is 24.8 Å². The molecule has 2 rings (SSSR count). The van der Waals surface area contributed by atoms with Gasteiger partial charge in [-0.2, -0.15) is 5.10 Å². The lowest BCUT2D eigenvalue weighted by molar-refractivity contribution is -0.122. The molecule has 1 heterocycles. The number of carbonyl (C=O) groups is 2. The van der Waals surface area contributed by atoms with Crippen molar-refractivity contribution in [3.05, 3.63) is 12.4 Å². The Morgan fingerprint density at radius 3 is 2.69 bits per heavy atom. The molecular weight excluding hydrogens is 358 g/mol. The first-order chi connectivity index (χ1) is 12.1. The minimum Gasteiger partial charge on any atom is -0.383 e. The van der Waals surface area contributed by atoms with Crippen molar-refractivity contribution >= 4 is 29.9 Å². The highest BCUT2D eigenvalue weighted by atomic mass is 35.5. The van der Waals surface area contributed by atoms with Crippen molar-refractivity contribution in [2.45, 2.75) is 45.1 Å². The summed E-state index contributed by atoms with van der Waals surface area (Å²) in [5.74, 6) is -0.196. The highest BCUT2D eigenvalue weighted by Crippen LogP contribution is 2.38. The average Bonchev–Trinajstić information content (AvgIpc) is 3.02. The second-order valence-electron chi connectivity index (χ2n) is 6.76. The lowest BCUT2D eigenvalue weighted by Gasteiger charge is -2.35. The molecule has 0 atom stereocenters. The molecule has 0 aromatic carbocycles. The number of methoxy groups -OCH3 is 1. The van der Waals surface area contributed by atoms with Crippen LogP contribution >= 0.6 is 12.4 Å². The van der Waals surface area contributed by atoms with E-state index in [9.17, 15) is 9.59 Å². The van der Waals surface area contributed by atoms with Crippen LogP contribution in [0, 0.1) is 5.41 Å². The fraction of sp³-hybridized carbons (Fsp3) is 0.706. The summed E-state index contributed by atoms with van der Waals surface area (Å²) in [4.78, 5) is 24.1. The van der Waals surface area contributed by atoms with Crippen LogP contribution in [0.2, 0.25) is 0 Å². The quantitative estimate of drug-likeness (QED) is 0.553. The second-order valence-corrected chi connectivity index (χ2v) is 6.76. The Morgan fingerprint density at radius 2 is 2.04 bits per heavy atom. The molecule has 0 radical (unpaired) electrons. The van der Waals surface area contributed by atoms with Crippen molar-refractivity contribution in [3.8, 4) is 0 Å². The third-order valence-corrected chi connectivity index (χ3v) is 4.73. The molecule has 1 saturated carbocycles. The van der Waals surface area contributed by atoms with Gasteiger partial charge in [-0.15, -0.1) is 12.4 Å². The van der Waals surface area contributed by atoms with E-state index in [1.54, 1.807) is 19.5 Å². The number of aromatic nitrogens is 2. The molecule has 1 aliphatic rings. The topological polar surface area (TPSA) is 111 Å². The average molecular weight is 388 g/mol. The van der Waals surface area contributed by atoms with Gasteiger partial charge in [0, 0.05) is 26.3 Å². The number of nitrogens with one attached hydrogen (secondary N) is 2. The van der Waals surface area contributed by atoms with E-state index in [4.69, 9.17) is 10.5 Å². The number of halogens is 1. The van der Waals surface area contributed by atoms with Gasteiger partial charge < -0.3 is 21.1 Å². The number of anilines is 1. The largest absolute Gasteiger partial charge is 0.383 e. The maximum Gasteiger partial charge on any atom is 0.241 e. The van der Waals surface area contributed by atoms with Gasteiger partial charge in [0.1, 0.15) is 6.54 Å². The zero-order valence-corrected chi connectivity index (χ0v) is 16.1. The van der Waals surface area contributed by atoms with Gasteiger partial charge in [0.2, 0.25) is 11.8 Å². The lowest BCUT2D eigenvalue weighted by Crippen LogP contribution is -2.36. The predicted molar refractivity (Wildman–Crippen MR) is 102 cm³/mol. The Morgan fingerprint density at radius 1 is 1.31 bits per heavy atom. The number of hydrogen-bond donors (Lipinski definition) is 3. The molecule has 0 aliphatic heterocycles. The smallest absolute Gasteiger partial charge is 0.241 e. The minimum atomic E-state index is -0.151. The summed E-state index contributed by atoms with van der Waals surface area (Å²) in [5, 5.41) is 9.69. The summed E-state index contributed by atoms with van der Waals surface area (Å²) in [6.45, 7) is 1.57. The third-order valence-electron chi connectivity index (χ3n) is 4.73. The van der Waals surface area contributed by atoms with E-state index in [1.807, 2.05) is 0 Å². The molecule has 1 fully saturated rings. The minimum absolute atomic E-state index is 0. The number of amides is 2. The van der Waals surface area contributed by atoms with Gasteiger partial charge in [-0.25, -0.2) is 0 Å². The van der Waals surface area contributed by atoms with E-state index in [2.05, 4.69) is 15.7 Å². The van der Waals surface area contributed by atoms with Gasteiger partial charge in [-0.3, -0.25) is 14.3 Å². The van der Waals surface area contributed by atoms with E-state index < -0.39 is 0 Å². The van der Waals surface area contributed by atoms with E-state index in [-0.39, 0.29) is 36.2 Å². The third kappa shape index (κ3) is 6.93. The molecule has 0 saturated heterocycles. The van der Waals surface area contributed by atoms with Crippen LogP contribution in [0.1, 0.15) is 38.5 Å². The first-order valence-electron chi connectivity index (χ1n) is 8.85. The van der Waals surface area contributed by atoms with Crippen LogP contribution in [0.25, 0.3) is 0 Å². The molecule has 26 heavy (non-hydrogen) atoms. The molecule has 0 bridgehead atoms. The molecule has 9 heteroatoms. The van der Waals surface area contributed by atoms with Crippen molar-refractivity contribution in [2.24, 2.45) is 11.1 Å². The normalized spacial score (nSPS) is 15.8. The maximum absolute atomic E-state index is 12.4. The SMILES string of the molecule is COCCNC(=O)Cn1cc(NC(=O)CC2(CN)CCCCC2)cn1.Cl. The zero-order valence-electron chi connectivity index (χ0n) is 15.3. The van der Waals surface area contributed by atoms with Crippen LogP contribution in [-0.2, 0) is 20.9 Å². The van der Waals surface area contributed by atoms with E-state index in [1.165, 1.54) is 11.1 Å². The highest BCUT2D eigenvalue weighted by Gasteiger charge is 2.33. The van der Waals surface area contributed by atoms with Gasteiger partial charge in [0.05, 0.1) is 18.5 Å². The first kappa shape index (κ1) is 22.4. The summed E-state index contributed by atoms with van der Waals surface area (Å²) < 4.78 is 6.37. The van der Waals surface area contributed by atoms with Crippen LogP contribution in [0.3, 0.4) is 0 Å². The predicted octanol–water partition coefficient (Wildman–Crippen LogP) is 1.31. The summed E-state index contributed by atoms with van der Waals surface area (Å²) in [6.07, 6.45) is 9.17. The molecule has 1 aliphatic carbocycles. The van der Waals surface area contributed by atoms with Crippen molar-refractivity contribution < 1.29 is 14.3 Å². The zero-order chi connectivity index (χ0) is 18.1. The van der Waals surface area contributed by atoms with Gasteiger partial charge in [0.15, 0.2) is 0 Å². The Hall–Kier alpha value is -1.64. The standard InChI is InChI=1S/C17H29N5O3.ClH/c1-25-8-7-19-16(24)12-22-11-14(10-20-22)21-15(23)9-17(13-18)5-3-2-4-6-17;/h10-11H,2-9,12-13,18H2,1H3,(H,19,24)(H,21,23);1H. The van der Waals surface area contributed by atoms with E-state index in [0.717, 1.165) is 25.7 Å². The van der Waals surface area contributed by atoms with Crippen LogP contribution in [0.4, 0.5) is 5.69 Å². The molecule has 0 unspecified atom stereocenters. The lowest BCUT2D eigenvalue weighted by atomic mass is 9.71. The van der Waals surface area contributed by atoms with E-state index in [0.29, 0.717) is 31.8 Å². The van der Waals surface area contributed by atoms with Crippen LogP contribution in [-0.4, -0.2) is 48.4 Å². The van der Waals surface area contributed by atoms with Gasteiger partial charge in [-0.1, -0.05) is 19.3 Å². The number of ether oxygens (including phenoxy) is 1. The molecule has 2 amide bonds.